The first-order chi connectivity index (χ1) is 28.9. The maximum atomic E-state index is 13.4. The Balaban J connectivity index is 1.11. The van der Waals surface area contributed by atoms with E-state index in [0.717, 1.165) is 22.8 Å². The topological polar surface area (TPSA) is 412 Å². The van der Waals surface area contributed by atoms with E-state index in [2.05, 4.69) is 34.2 Å². The van der Waals surface area contributed by atoms with Crippen molar-refractivity contribution in [2.24, 2.45) is 5.73 Å². The number of fused-ring (bicyclic) bond motifs is 1. The summed E-state index contributed by atoms with van der Waals surface area (Å²) in [7, 11) is -10.3. The van der Waals surface area contributed by atoms with Crippen LogP contribution in [0.3, 0.4) is 0 Å². The van der Waals surface area contributed by atoms with Crippen LogP contribution in [0, 0.1) is 10.1 Å². The Morgan fingerprint density at radius 1 is 1.08 bits per heavy atom. The number of nitrogens with two attached hydrogens (primary N) is 3. The molecule has 0 aromatic carbocycles. The van der Waals surface area contributed by atoms with Crippen LogP contribution in [0.1, 0.15) is 38.1 Å². The molecule has 28 nitrogen and oxygen atoms in total. The molecule has 2 saturated heterocycles. The Morgan fingerprint density at radius 2 is 1.85 bits per heavy atom. The average Bonchev–Trinajstić information content (AvgIpc) is 3.89. The van der Waals surface area contributed by atoms with E-state index < -0.39 is 94.5 Å². The van der Waals surface area contributed by atoms with Crippen LogP contribution in [0.4, 0.5) is 17.3 Å². The summed E-state index contributed by atoms with van der Waals surface area (Å²) in [5, 5.41) is 22.9. The molecule has 0 amide bonds. The molecule has 0 spiro atoms. The number of imidazole rings is 1. The summed E-state index contributed by atoms with van der Waals surface area (Å²) in [4.78, 5) is 85.6. The number of hydrogen-bond donors (Lipinski definition) is 8. The first-order valence-corrected chi connectivity index (χ1v) is 21.8. The minimum Gasteiger partial charge on any atom is -0.455 e. The second-order valence-corrected chi connectivity index (χ2v) is 16.9. The molecule has 332 valence electrons. The number of anilines is 2. The molecular weight excluding hydrogens is 878 g/mol. The number of carbonyl (C=O) groups excluding carboxylic acids is 1. The molecule has 11 N–H and O–H groups in total. The first kappa shape index (κ1) is 45.9. The quantitative estimate of drug-likeness (QED) is 0.0137. The van der Waals surface area contributed by atoms with Crippen LogP contribution in [-0.4, -0.2) is 121 Å². The van der Waals surface area contributed by atoms with E-state index in [0.29, 0.717) is 19.4 Å². The second kappa shape index (κ2) is 19.6. The zero-order chi connectivity index (χ0) is 44.1. The van der Waals surface area contributed by atoms with Gasteiger partial charge >= 0.3 is 33.0 Å². The van der Waals surface area contributed by atoms with E-state index in [4.69, 9.17) is 40.5 Å². The van der Waals surface area contributed by atoms with Crippen molar-refractivity contribution in [1.82, 2.24) is 38.8 Å². The number of phosphoric acid groups is 2. The highest BCUT2D eigenvalue weighted by Crippen LogP contribution is 2.50. The molecule has 6 rings (SSSR count). The Hall–Kier alpha value is -4.58. The van der Waals surface area contributed by atoms with Gasteiger partial charge in [-0.25, -0.2) is 33.9 Å². The third kappa shape index (κ3) is 11.7. The van der Waals surface area contributed by atoms with Gasteiger partial charge in [0, 0.05) is 31.4 Å². The van der Waals surface area contributed by atoms with E-state index in [1.807, 2.05) is 0 Å². The molecule has 2 aliphatic heterocycles. The van der Waals surface area contributed by atoms with E-state index in [-0.39, 0.29) is 46.4 Å². The number of nitro groups is 1. The number of nitrogens with zero attached hydrogens (tertiary/aromatic N) is 8. The van der Waals surface area contributed by atoms with Crippen LogP contribution >= 0.6 is 27.6 Å². The molecule has 9 atom stereocenters. The van der Waals surface area contributed by atoms with Gasteiger partial charge in [0.1, 0.15) is 54.3 Å². The number of aliphatic hydroxyl groups is 1. The second-order valence-electron chi connectivity index (χ2n) is 13.3. The summed E-state index contributed by atoms with van der Waals surface area (Å²) in [5.41, 5.74) is 16.9. The lowest BCUT2D eigenvalue weighted by Crippen LogP contribution is -2.43. The van der Waals surface area contributed by atoms with E-state index in [1.165, 1.54) is 41.5 Å². The smallest absolute Gasteiger partial charge is 0.455 e. The van der Waals surface area contributed by atoms with Crippen molar-refractivity contribution in [2.75, 3.05) is 31.2 Å². The molecule has 0 bridgehead atoms. The van der Waals surface area contributed by atoms with Crippen LogP contribution < -0.4 is 27.6 Å². The van der Waals surface area contributed by atoms with E-state index in [9.17, 15) is 48.6 Å². The number of ether oxygens (including phenoxy) is 3. The molecule has 31 heteroatoms. The lowest BCUT2D eigenvalue weighted by molar-refractivity contribution is -0.388. The average molecular weight is 919 g/mol. The van der Waals surface area contributed by atoms with E-state index in [1.54, 1.807) is 0 Å². The van der Waals surface area contributed by atoms with Crippen LogP contribution in [0.5, 0.6) is 0 Å². The Kier molecular flexibility index (Phi) is 14.8. The SMILES string of the molecule is Nc1ccn([C@H]2C[C@H](OP(=O)(O)OC[C@H]3O[C@@H](n4cnc5c(N)ncnc54)[C@H](O)[C@@H]3OC(=O)[C@@H](N)CCCCNSc3ncccc3[N+](=O)[O-])[C@@H](COP(=O)(O)O)O2)c(=O)n1. The van der Waals surface area contributed by atoms with Gasteiger partial charge in [0.15, 0.2) is 28.8 Å². The van der Waals surface area contributed by atoms with Gasteiger partial charge in [-0.05, 0) is 36.9 Å². The summed E-state index contributed by atoms with van der Waals surface area (Å²) in [5.74, 6) is -1.06. The van der Waals surface area contributed by atoms with Crippen LogP contribution in [0.25, 0.3) is 11.2 Å². The highest BCUT2D eigenvalue weighted by Gasteiger charge is 2.50. The third-order valence-electron chi connectivity index (χ3n) is 9.11. The summed E-state index contributed by atoms with van der Waals surface area (Å²) in [6, 6.07) is 2.83. The van der Waals surface area contributed by atoms with Gasteiger partial charge in [0.05, 0.1) is 24.5 Å². The fraction of sp³-hybridized carbons (Fsp3) is 0.500. The summed E-state index contributed by atoms with van der Waals surface area (Å²) < 4.78 is 62.6. The third-order valence-corrected chi connectivity index (χ3v) is 11.5. The number of carbonyl (C=O) groups is 1. The molecule has 2 aliphatic rings. The first-order valence-electron chi connectivity index (χ1n) is 18.0. The van der Waals surface area contributed by atoms with Gasteiger partial charge in [-0.2, -0.15) is 4.98 Å². The summed E-state index contributed by atoms with van der Waals surface area (Å²) >= 11 is 0.975. The standard InChI is InChI=1S/C30H40N12O16P2S/c31-15(4-1-2-8-38-61-27-16(42(46)47)5-3-7-34-27)29(44)57-24-19(56-28(23(24)43)41-14-37-22-25(33)35-13-36-26(22)41)12-54-60(51,52)58-17-10-21(40-9-6-20(32)39-30(40)45)55-18(17)11-53-59(48,49)50/h3,5-7,9,13-15,17-19,21,23-24,28,38,43H,1-2,4,8,10-12,31H2,(H,51,52)(H2,32,39,45)(H2,33,35,36)(H2,48,49,50)/t15-,17-,18+,19+,21+,23+,24+,28+/m0/s1. The number of esters is 1. The normalized spacial score (nSPS) is 24.4. The van der Waals surface area contributed by atoms with Crippen LogP contribution in [0.15, 0.2) is 53.1 Å². The number of unbranched alkanes of at least 4 members (excludes halogenated alkanes) is 1. The zero-order valence-corrected chi connectivity index (χ0v) is 34.0. The van der Waals surface area contributed by atoms with E-state index >= 15 is 0 Å². The van der Waals surface area contributed by atoms with Gasteiger partial charge in [-0.3, -0.25) is 42.3 Å². The van der Waals surface area contributed by atoms with Gasteiger partial charge < -0.3 is 51.2 Å². The lowest BCUT2D eigenvalue weighted by Gasteiger charge is -2.24. The summed E-state index contributed by atoms with van der Waals surface area (Å²) in [6.45, 7) is -1.34. The van der Waals surface area contributed by atoms with Crippen molar-refractivity contribution in [2.45, 2.75) is 79.7 Å². The van der Waals surface area contributed by atoms with Crippen molar-refractivity contribution in [3.8, 4) is 0 Å². The maximum absolute atomic E-state index is 13.4. The zero-order valence-electron chi connectivity index (χ0n) is 31.4. The van der Waals surface area contributed by atoms with Crippen molar-refractivity contribution < 1.29 is 66.4 Å². The minimum atomic E-state index is -5.19. The van der Waals surface area contributed by atoms with Gasteiger partial charge in [0.2, 0.25) is 0 Å². The highest BCUT2D eigenvalue weighted by atomic mass is 32.2. The molecule has 2 fully saturated rings. The predicted octanol–water partition coefficient (Wildman–Crippen LogP) is -0.586. The monoisotopic (exact) mass is 918 g/mol. The highest BCUT2D eigenvalue weighted by molar-refractivity contribution is 7.97. The molecule has 61 heavy (non-hydrogen) atoms. The van der Waals surface area contributed by atoms with Crippen LogP contribution in [-0.2, 0) is 41.7 Å². The molecule has 0 saturated carbocycles. The van der Waals surface area contributed by atoms with Gasteiger partial charge in [-0.15, -0.1) is 0 Å². The molecule has 6 heterocycles. The fourth-order valence-corrected chi connectivity index (χ4v) is 8.27. The number of nitrogens with one attached hydrogen (secondary N) is 1. The number of hydrogen-bond acceptors (Lipinski definition) is 23. The fourth-order valence-electron chi connectivity index (χ4n) is 6.22. The molecule has 0 aliphatic carbocycles. The largest absolute Gasteiger partial charge is 0.472 e. The molecule has 4 aromatic rings. The molecular formula is C30H40N12O16P2S. The Labute approximate surface area is 347 Å². The molecule has 1 unspecified atom stereocenters. The number of aromatic nitrogens is 7. The molecule has 0 radical (unpaired) electrons. The minimum absolute atomic E-state index is 0.00967. The number of aliphatic hydroxyl groups excluding tert-OH is 1. The number of nitrogen functional groups attached to an aromatic ring is 2. The van der Waals surface area contributed by atoms with Gasteiger partial charge in [-0.1, -0.05) is 6.42 Å². The van der Waals surface area contributed by atoms with Crippen LogP contribution in [0.2, 0.25) is 0 Å². The van der Waals surface area contributed by atoms with Gasteiger partial charge in [0.25, 0.3) is 0 Å². The molecule has 4 aromatic heterocycles. The number of pyridine rings is 1. The number of phosphoric ester groups is 2. The van der Waals surface area contributed by atoms with Crippen molar-refractivity contribution >= 4 is 62.0 Å². The van der Waals surface area contributed by atoms with Crippen molar-refractivity contribution in [3.05, 3.63) is 63.8 Å². The summed E-state index contributed by atoms with van der Waals surface area (Å²) in [6.07, 6.45) is -4.58. The predicted molar refractivity (Wildman–Crippen MR) is 206 cm³/mol. The van der Waals surface area contributed by atoms with Crippen molar-refractivity contribution in [1.29, 1.82) is 0 Å². The Morgan fingerprint density at radius 3 is 2.59 bits per heavy atom. The Bertz CT molecular complexity index is 2360. The maximum Gasteiger partial charge on any atom is 0.472 e. The lowest BCUT2D eigenvalue weighted by atomic mass is 10.1. The number of rotatable bonds is 20. The van der Waals surface area contributed by atoms with Crippen molar-refractivity contribution in [3.63, 3.8) is 0 Å².